The highest BCUT2D eigenvalue weighted by atomic mass is 16.1. The van der Waals surface area contributed by atoms with Crippen LogP contribution in [0.2, 0.25) is 0 Å². The van der Waals surface area contributed by atoms with Crippen LogP contribution >= 0.6 is 0 Å². The van der Waals surface area contributed by atoms with Crippen molar-refractivity contribution in [1.82, 2.24) is 4.98 Å². The van der Waals surface area contributed by atoms with Crippen LogP contribution in [0.1, 0.15) is 32.8 Å². The molecule has 106 valence electrons. The van der Waals surface area contributed by atoms with Gasteiger partial charge in [0.05, 0.1) is 0 Å². The lowest BCUT2D eigenvalue weighted by molar-refractivity contribution is -0.129. The molecule has 0 radical (unpaired) electrons. The fourth-order valence-corrected chi connectivity index (χ4v) is 2.66. The molecule has 2 rings (SSSR count). The van der Waals surface area contributed by atoms with Gasteiger partial charge in [-0.25, -0.2) is 0 Å². The van der Waals surface area contributed by atoms with E-state index in [1.165, 1.54) is 0 Å². The molecule has 1 heterocycles. The van der Waals surface area contributed by atoms with Crippen LogP contribution in [-0.4, -0.2) is 16.6 Å². The monoisotopic (exact) mass is 271 g/mol. The lowest BCUT2D eigenvalue weighted by atomic mass is 9.86. The second kappa shape index (κ2) is 6.04. The van der Waals surface area contributed by atoms with Gasteiger partial charge in [-0.1, -0.05) is 32.0 Å². The molecule has 0 saturated heterocycles. The zero-order valence-corrected chi connectivity index (χ0v) is 12.3. The maximum atomic E-state index is 12.3. The first-order valence-corrected chi connectivity index (χ1v) is 7.07. The molecule has 3 nitrogen and oxygen atoms in total. The van der Waals surface area contributed by atoms with E-state index in [0.717, 1.165) is 16.5 Å². The lowest BCUT2D eigenvalue weighted by Crippen LogP contribution is -2.24. The number of fused-ring (bicyclic) bond motifs is 1. The highest BCUT2D eigenvalue weighted by molar-refractivity contribution is 5.89. The number of carbonyl (C=O) groups is 2. The first kappa shape index (κ1) is 14.5. The van der Waals surface area contributed by atoms with Gasteiger partial charge >= 0.3 is 0 Å². The number of nitrogens with one attached hydrogen (secondary N) is 1. The van der Waals surface area contributed by atoms with Gasteiger partial charge in [-0.15, -0.1) is 0 Å². The van der Waals surface area contributed by atoms with Crippen LogP contribution in [0.5, 0.6) is 0 Å². The molecule has 2 aromatic rings. The Kier molecular flexibility index (Phi) is 4.38. The summed E-state index contributed by atoms with van der Waals surface area (Å²) in [6.45, 7) is 5.34. The molecule has 0 amide bonds. The number of carbonyl (C=O) groups excluding carboxylic acids is 2. The van der Waals surface area contributed by atoms with Crippen molar-refractivity contribution in [3.8, 4) is 0 Å². The number of rotatable bonds is 6. The quantitative estimate of drug-likeness (QED) is 0.873. The van der Waals surface area contributed by atoms with E-state index in [1.807, 2.05) is 44.3 Å². The van der Waals surface area contributed by atoms with Crippen LogP contribution in [-0.2, 0) is 16.0 Å². The second-order valence-electron chi connectivity index (χ2n) is 5.72. The summed E-state index contributed by atoms with van der Waals surface area (Å²) >= 11 is 0. The van der Waals surface area contributed by atoms with Crippen molar-refractivity contribution in [3.05, 3.63) is 36.0 Å². The maximum absolute atomic E-state index is 12.3. The number of benzene rings is 1. The fraction of sp³-hybridized carbons (Fsp3) is 0.412. The number of ketones is 2. The summed E-state index contributed by atoms with van der Waals surface area (Å²) in [5, 5.41) is 1.14. The number of aromatic nitrogens is 1. The van der Waals surface area contributed by atoms with Gasteiger partial charge in [0, 0.05) is 35.4 Å². The number of aromatic amines is 1. The van der Waals surface area contributed by atoms with Crippen LogP contribution in [0.15, 0.2) is 30.5 Å². The van der Waals surface area contributed by atoms with Crippen LogP contribution in [0.4, 0.5) is 0 Å². The zero-order valence-electron chi connectivity index (χ0n) is 12.3. The van der Waals surface area contributed by atoms with Crippen LogP contribution in [0.3, 0.4) is 0 Å². The SMILES string of the molecule is CC(=O)C[C@@H](Cc1c[nH]c2ccccc12)C(=O)C(C)C. The van der Waals surface area contributed by atoms with Crippen LogP contribution < -0.4 is 0 Å². The van der Waals surface area contributed by atoms with E-state index in [1.54, 1.807) is 6.92 Å². The lowest BCUT2D eigenvalue weighted by Gasteiger charge is -2.16. The van der Waals surface area contributed by atoms with Crippen molar-refractivity contribution in [2.45, 2.75) is 33.6 Å². The van der Waals surface area contributed by atoms with E-state index in [4.69, 9.17) is 0 Å². The van der Waals surface area contributed by atoms with Gasteiger partial charge in [-0.3, -0.25) is 4.79 Å². The second-order valence-corrected chi connectivity index (χ2v) is 5.72. The molecule has 1 aromatic heterocycles. The molecule has 0 unspecified atom stereocenters. The van der Waals surface area contributed by atoms with Crippen molar-refractivity contribution >= 4 is 22.5 Å². The third kappa shape index (κ3) is 3.16. The molecule has 3 heteroatoms. The summed E-state index contributed by atoms with van der Waals surface area (Å²) in [5.41, 5.74) is 2.18. The molecular formula is C17H21NO2. The van der Waals surface area contributed by atoms with Crippen molar-refractivity contribution in [2.24, 2.45) is 11.8 Å². The van der Waals surface area contributed by atoms with Crippen LogP contribution in [0.25, 0.3) is 10.9 Å². The highest BCUT2D eigenvalue weighted by Crippen LogP contribution is 2.24. The van der Waals surface area contributed by atoms with Crippen molar-refractivity contribution in [2.75, 3.05) is 0 Å². The van der Waals surface area contributed by atoms with Gasteiger partial charge in [0.1, 0.15) is 11.6 Å². The van der Waals surface area contributed by atoms with Crippen molar-refractivity contribution in [1.29, 1.82) is 0 Å². The molecule has 20 heavy (non-hydrogen) atoms. The Morgan fingerprint density at radius 2 is 1.90 bits per heavy atom. The first-order valence-electron chi connectivity index (χ1n) is 7.07. The van der Waals surface area contributed by atoms with Gasteiger partial charge in [0.25, 0.3) is 0 Å². The van der Waals surface area contributed by atoms with E-state index in [2.05, 4.69) is 4.98 Å². The summed E-state index contributed by atoms with van der Waals surface area (Å²) < 4.78 is 0. The topological polar surface area (TPSA) is 49.9 Å². The van der Waals surface area contributed by atoms with Gasteiger partial charge in [-0.05, 0) is 25.0 Å². The summed E-state index contributed by atoms with van der Waals surface area (Å²) in [7, 11) is 0. The minimum Gasteiger partial charge on any atom is -0.361 e. The average Bonchev–Trinajstić information content (AvgIpc) is 2.80. The summed E-state index contributed by atoms with van der Waals surface area (Å²) in [5.74, 6) is -0.00872. The van der Waals surface area contributed by atoms with Gasteiger partial charge in [0.2, 0.25) is 0 Å². The number of para-hydroxylation sites is 1. The third-order valence-corrected chi connectivity index (χ3v) is 3.65. The standard InChI is InChI=1S/C17H21NO2/c1-11(2)17(20)13(8-12(3)19)9-14-10-18-16-7-5-4-6-15(14)16/h4-7,10-11,13,18H,8-9H2,1-3H3/t13-/m0/s1. The zero-order chi connectivity index (χ0) is 14.7. The normalized spacial score (nSPS) is 12.8. The average molecular weight is 271 g/mol. The van der Waals surface area contributed by atoms with E-state index in [-0.39, 0.29) is 23.4 Å². The fourth-order valence-electron chi connectivity index (χ4n) is 2.66. The largest absolute Gasteiger partial charge is 0.361 e. The number of hydrogen-bond acceptors (Lipinski definition) is 2. The van der Waals surface area contributed by atoms with Gasteiger partial charge in [-0.2, -0.15) is 0 Å². The Bertz CT molecular complexity index is 625. The van der Waals surface area contributed by atoms with E-state index in [9.17, 15) is 9.59 Å². The molecule has 1 N–H and O–H groups in total. The predicted molar refractivity (Wildman–Crippen MR) is 80.6 cm³/mol. The van der Waals surface area contributed by atoms with Gasteiger partial charge < -0.3 is 9.78 Å². The molecule has 0 aliphatic rings. The Morgan fingerprint density at radius 1 is 1.20 bits per heavy atom. The molecule has 1 atom stereocenters. The van der Waals surface area contributed by atoms with E-state index in [0.29, 0.717) is 12.8 Å². The molecule has 0 aliphatic carbocycles. The van der Waals surface area contributed by atoms with Crippen molar-refractivity contribution in [3.63, 3.8) is 0 Å². The number of hydrogen-bond donors (Lipinski definition) is 1. The Labute approximate surface area is 119 Å². The highest BCUT2D eigenvalue weighted by Gasteiger charge is 2.24. The summed E-state index contributed by atoms with van der Waals surface area (Å²) in [6.07, 6.45) is 2.91. The molecular weight excluding hydrogens is 250 g/mol. The number of H-pyrrole nitrogens is 1. The van der Waals surface area contributed by atoms with E-state index < -0.39 is 0 Å². The maximum Gasteiger partial charge on any atom is 0.139 e. The molecule has 0 bridgehead atoms. The van der Waals surface area contributed by atoms with Gasteiger partial charge in [0.15, 0.2) is 0 Å². The molecule has 0 aliphatic heterocycles. The molecule has 0 spiro atoms. The Hall–Kier alpha value is -1.90. The minimum atomic E-state index is -0.216. The summed E-state index contributed by atoms with van der Waals surface area (Å²) in [4.78, 5) is 26.9. The summed E-state index contributed by atoms with van der Waals surface area (Å²) in [6, 6.07) is 8.04. The Balaban J connectivity index is 2.27. The first-order chi connectivity index (χ1) is 9.49. The Morgan fingerprint density at radius 3 is 2.55 bits per heavy atom. The predicted octanol–water partition coefficient (Wildman–Crippen LogP) is 3.53. The molecule has 0 saturated carbocycles. The molecule has 0 fully saturated rings. The third-order valence-electron chi connectivity index (χ3n) is 3.65. The van der Waals surface area contributed by atoms with Crippen LogP contribution in [0, 0.1) is 11.8 Å². The van der Waals surface area contributed by atoms with Crippen molar-refractivity contribution < 1.29 is 9.59 Å². The smallest absolute Gasteiger partial charge is 0.139 e. The molecule has 1 aromatic carbocycles. The minimum absolute atomic E-state index is 0.0374. The van der Waals surface area contributed by atoms with E-state index >= 15 is 0 Å². The number of Topliss-reactive ketones (excluding diaryl/α,β-unsaturated/α-hetero) is 2.